The van der Waals surface area contributed by atoms with Crippen LogP contribution in [-0.2, 0) is 9.59 Å². The predicted octanol–water partition coefficient (Wildman–Crippen LogP) is 2.69. The van der Waals surface area contributed by atoms with E-state index < -0.39 is 0 Å². The zero-order valence-corrected chi connectivity index (χ0v) is 8.41. The van der Waals surface area contributed by atoms with Gasteiger partial charge in [0.15, 0.2) is 0 Å². The van der Waals surface area contributed by atoms with Crippen molar-refractivity contribution < 1.29 is 9.59 Å². The first-order chi connectivity index (χ1) is 5.33. The fourth-order valence-electron chi connectivity index (χ4n) is 0.344. The molecule has 0 aliphatic carbocycles. The molecule has 0 aromatic rings. The second-order valence-electron chi connectivity index (χ2n) is 1.48. The molecule has 0 spiro atoms. The van der Waals surface area contributed by atoms with Crippen molar-refractivity contribution in [1.29, 1.82) is 0 Å². The molecule has 0 unspecified atom stereocenters. The van der Waals surface area contributed by atoms with Gasteiger partial charge in [0.05, 0.1) is 0 Å². The summed E-state index contributed by atoms with van der Waals surface area (Å²) in [7, 11) is 0. The predicted molar refractivity (Wildman–Crippen MR) is 47.0 cm³/mol. The molecule has 0 aromatic heterocycles. The summed E-state index contributed by atoms with van der Waals surface area (Å²) in [6, 6.07) is 0. The van der Waals surface area contributed by atoms with Gasteiger partial charge in [0, 0.05) is 12.3 Å². The Bertz CT molecular complexity index is 66.8. The Balaban J connectivity index is -0.000000109. The minimum atomic E-state index is 0.250. The molecule has 0 aliphatic heterocycles. The summed E-state index contributed by atoms with van der Waals surface area (Å²) in [5.74, 6) is 0.827. The maximum Gasteiger partial charge on any atom is 0.373 e. The summed E-state index contributed by atoms with van der Waals surface area (Å²) in [5, 5.41) is 0. The van der Waals surface area contributed by atoms with Gasteiger partial charge in [-0.05, 0) is 6.42 Å². The lowest BCUT2D eigenvalue weighted by Crippen LogP contribution is -1.70. The van der Waals surface area contributed by atoms with Crippen molar-refractivity contribution in [3.05, 3.63) is 0 Å². The summed E-state index contributed by atoms with van der Waals surface area (Å²) in [5.41, 5.74) is 0. The number of hydrogen-bond donors (Lipinski definition) is 0. The first-order valence-electron chi connectivity index (χ1n) is 3.26. The molecule has 0 heterocycles. The largest absolute Gasteiger partial charge is 0.373 e. The Morgan fingerprint density at radius 1 is 1.18 bits per heavy atom. The third-order valence-electron chi connectivity index (χ3n) is 0.737. The highest BCUT2D eigenvalue weighted by Crippen LogP contribution is 1.93. The van der Waals surface area contributed by atoms with Crippen LogP contribution in [0.3, 0.4) is 0 Å². The lowest BCUT2D eigenvalue weighted by Gasteiger charge is -1.84. The first-order valence-corrected chi connectivity index (χ1v) is 4.55. The van der Waals surface area contributed by atoms with E-state index in [9.17, 15) is 0 Å². The lowest BCUT2D eigenvalue weighted by molar-refractivity contribution is -0.191. The SMILES string of the molecule is CCCCCCl.CCl.O=C=O. The Morgan fingerprint density at radius 2 is 1.55 bits per heavy atom. The zero-order valence-electron chi connectivity index (χ0n) is 6.90. The van der Waals surface area contributed by atoms with Crippen molar-refractivity contribution in [2.24, 2.45) is 0 Å². The zero-order chi connectivity index (χ0) is 9.54. The molecule has 0 amide bonds. The van der Waals surface area contributed by atoms with Gasteiger partial charge in [-0.1, -0.05) is 19.8 Å². The van der Waals surface area contributed by atoms with Gasteiger partial charge in [-0.3, -0.25) is 0 Å². The molecule has 68 valence electrons. The molecule has 0 aromatic carbocycles. The van der Waals surface area contributed by atoms with E-state index in [-0.39, 0.29) is 6.15 Å². The monoisotopic (exact) mass is 200 g/mol. The summed E-state index contributed by atoms with van der Waals surface area (Å²) >= 11 is 10.0. The number of hydrogen-bond acceptors (Lipinski definition) is 2. The second kappa shape index (κ2) is 32.5. The summed E-state index contributed by atoms with van der Waals surface area (Å²) in [6.45, 7) is 2.17. The van der Waals surface area contributed by atoms with Crippen molar-refractivity contribution in [2.75, 3.05) is 12.3 Å². The van der Waals surface area contributed by atoms with Gasteiger partial charge >= 0.3 is 6.15 Å². The van der Waals surface area contributed by atoms with Gasteiger partial charge in [-0.25, -0.2) is 0 Å². The standard InChI is InChI=1S/C5H11Cl.CH3Cl.CO2/c1-2-3-4-5-6;1-2;2-1-3/h2-5H2,1H3;1H3;. The minimum absolute atomic E-state index is 0.250. The molecule has 0 fully saturated rings. The molecular formula is C7H14Cl2O2. The van der Waals surface area contributed by atoms with Crippen molar-refractivity contribution in [2.45, 2.75) is 26.2 Å². The fourth-order valence-corrected chi connectivity index (χ4v) is 0.533. The van der Waals surface area contributed by atoms with Crippen LogP contribution in [0, 0.1) is 0 Å². The molecule has 2 nitrogen and oxygen atoms in total. The van der Waals surface area contributed by atoms with Crippen molar-refractivity contribution in [3.8, 4) is 0 Å². The fraction of sp³-hybridized carbons (Fsp3) is 0.857. The molecule has 0 radical (unpaired) electrons. The van der Waals surface area contributed by atoms with Gasteiger partial charge in [-0.15, -0.1) is 23.2 Å². The van der Waals surface area contributed by atoms with E-state index in [2.05, 4.69) is 18.5 Å². The number of rotatable bonds is 3. The van der Waals surface area contributed by atoms with Crippen LogP contribution in [0.5, 0.6) is 0 Å². The first kappa shape index (κ1) is 17.2. The number of unbranched alkanes of at least 4 members (excludes halogenated alkanes) is 2. The van der Waals surface area contributed by atoms with Crippen LogP contribution in [0.1, 0.15) is 26.2 Å². The third kappa shape index (κ3) is 72.0. The van der Waals surface area contributed by atoms with Crippen molar-refractivity contribution in [3.63, 3.8) is 0 Å². The van der Waals surface area contributed by atoms with E-state index in [0.717, 1.165) is 5.88 Å². The van der Waals surface area contributed by atoms with E-state index in [1.807, 2.05) is 0 Å². The van der Waals surface area contributed by atoms with Gasteiger partial charge in [0.1, 0.15) is 0 Å². The van der Waals surface area contributed by atoms with E-state index in [0.29, 0.717) is 0 Å². The van der Waals surface area contributed by atoms with Crippen LogP contribution in [0.4, 0.5) is 0 Å². The average molecular weight is 201 g/mol. The molecule has 0 N–H and O–H groups in total. The summed E-state index contributed by atoms with van der Waals surface area (Å²) in [4.78, 5) is 16.2. The number of alkyl halides is 2. The third-order valence-corrected chi connectivity index (χ3v) is 1.00. The lowest BCUT2D eigenvalue weighted by atomic mass is 10.3. The van der Waals surface area contributed by atoms with Crippen LogP contribution < -0.4 is 0 Å². The minimum Gasteiger partial charge on any atom is -0.186 e. The Morgan fingerprint density at radius 3 is 1.64 bits per heavy atom. The van der Waals surface area contributed by atoms with E-state index in [1.54, 1.807) is 0 Å². The molecule has 0 aliphatic rings. The average Bonchev–Trinajstić information content (AvgIpc) is 2.06. The molecule has 0 saturated heterocycles. The van der Waals surface area contributed by atoms with E-state index in [1.165, 1.54) is 25.6 Å². The molecule has 0 bridgehead atoms. The van der Waals surface area contributed by atoms with Crippen molar-refractivity contribution >= 4 is 29.4 Å². The molecule has 0 saturated carbocycles. The summed E-state index contributed by atoms with van der Waals surface area (Å²) in [6.07, 6.45) is 5.45. The van der Waals surface area contributed by atoms with Crippen LogP contribution in [0.25, 0.3) is 0 Å². The highest BCUT2D eigenvalue weighted by Gasteiger charge is 1.76. The van der Waals surface area contributed by atoms with Gasteiger partial charge in [0.25, 0.3) is 0 Å². The molecule has 0 rings (SSSR count). The number of carbonyl (C=O) groups excluding carboxylic acids is 2. The Kier molecular flexibility index (Phi) is 50.7. The Labute approximate surface area is 77.9 Å². The van der Waals surface area contributed by atoms with Crippen LogP contribution >= 0.6 is 23.2 Å². The van der Waals surface area contributed by atoms with Crippen LogP contribution in [-0.4, -0.2) is 18.4 Å². The highest BCUT2D eigenvalue weighted by molar-refractivity contribution is 6.17. The summed E-state index contributed by atoms with van der Waals surface area (Å²) < 4.78 is 0. The quantitative estimate of drug-likeness (QED) is 0.519. The highest BCUT2D eigenvalue weighted by atomic mass is 35.5. The maximum atomic E-state index is 8.12. The normalized spacial score (nSPS) is 6.18. The maximum absolute atomic E-state index is 8.12. The van der Waals surface area contributed by atoms with Gasteiger partial charge < -0.3 is 0 Å². The van der Waals surface area contributed by atoms with Crippen LogP contribution in [0.2, 0.25) is 0 Å². The molecule has 0 atom stereocenters. The molecule has 11 heavy (non-hydrogen) atoms. The van der Waals surface area contributed by atoms with E-state index in [4.69, 9.17) is 21.2 Å². The van der Waals surface area contributed by atoms with Gasteiger partial charge in [-0.2, -0.15) is 9.59 Å². The molecular weight excluding hydrogens is 187 g/mol. The van der Waals surface area contributed by atoms with Gasteiger partial charge in [0.2, 0.25) is 0 Å². The molecule has 4 heteroatoms. The Hall–Kier alpha value is -0.0400. The smallest absolute Gasteiger partial charge is 0.186 e. The topological polar surface area (TPSA) is 34.1 Å². The second-order valence-corrected chi connectivity index (χ2v) is 1.86. The number of halogens is 2. The van der Waals surface area contributed by atoms with Crippen molar-refractivity contribution in [1.82, 2.24) is 0 Å². The van der Waals surface area contributed by atoms with Crippen LogP contribution in [0.15, 0.2) is 0 Å². The van der Waals surface area contributed by atoms with E-state index >= 15 is 0 Å².